The van der Waals surface area contributed by atoms with Crippen LogP contribution in [0.1, 0.15) is 55.8 Å². The Morgan fingerprint density at radius 2 is 1.90 bits per heavy atom. The maximum Gasteiger partial charge on any atom is 0.270 e. The van der Waals surface area contributed by atoms with Crippen LogP contribution in [0.4, 0.5) is 0 Å². The van der Waals surface area contributed by atoms with Crippen LogP contribution in [0.3, 0.4) is 0 Å². The number of aryl methyl sites for hydroxylation is 1. The van der Waals surface area contributed by atoms with Gasteiger partial charge in [0, 0.05) is 31.2 Å². The number of rotatable bonds is 5. The molecular weight excluding hydrogens is 262 g/mol. The molecule has 4 nitrogen and oxygen atoms in total. The van der Waals surface area contributed by atoms with E-state index in [4.69, 9.17) is 4.98 Å². The highest BCUT2D eigenvalue weighted by Gasteiger charge is 2.22. The molecule has 114 valence electrons. The van der Waals surface area contributed by atoms with Gasteiger partial charge in [0.1, 0.15) is 11.3 Å². The lowest BCUT2D eigenvalue weighted by Crippen LogP contribution is -2.26. The minimum Gasteiger partial charge on any atom is -0.343 e. The second kappa shape index (κ2) is 6.29. The van der Waals surface area contributed by atoms with E-state index in [0.29, 0.717) is 6.04 Å². The summed E-state index contributed by atoms with van der Waals surface area (Å²) >= 11 is 0. The van der Waals surface area contributed by atoms with E-state index in [1.165, 1.54) is 0 Å². The van der Waals surface area contributed by atoms with Crippen molar-refractivity contribution in [2.45, 2.75) is 46.1 Å². The molecule has 0 aliphatic rings. The molecule has 2 heterocycles. The van der Waals surface area contributed by atoms with Crippen molar-refractivity contribution in [3.63, 3.8) is 0 Å². The Hall–Kier alpha value is -1.84. The molecule has 0 N–H and O–H groups in total. The van der Waals surface area contributed by atoms with E-state index in [1.54, 1.807) is 19.0 Å². The van der Waals surface area contributed by atoms with Crippen LogP contribution in [0.5, 0.6) is 0 Å². The smallest absolute Gasteiger partial charge is 0.270 e. The lowest BCUT2D eigenvalue weighted by Gasteiger charge is -2.20. The fourth-order valence-electron chi connectivity index (χ4n) is 2.75. The van der Waals surface area contributed by atoms with Crippen LogP contribution in [-0.2, 0) is 6.42 Å². The van der Waals surface area contributed by atoms with E-state index >= 15 is 0 Å². The Bertz CT molecular complexity index is 639. The highest BCUT2D eigenvalue weighted by atomic mass is 16.2. The van der Waals surface area contributed by atoms with Gasteiger partial charge in [-0.2, -0.15) is 0 Å². The zero-order chi connectivity index (χ0) is 15.6. The summed E-state index contributed by atoms with van der Waals surface area (Å²) < 4.78 is 2.14. The molecule has 0 aromatic carbocycles. The van der Waals surface area contributed by atoms with Gasteiger partial charge >= 0.3 is 0 Å². The second-order valence-electron chi connectivity index (χ2n) is 5.64. The van der Waals surface area contributed by atoms with E-state index in [1.807, 2.05) is 12.1 Å². The van der Waals surface area contributed by atoms with Crippen LogP contribution in [0.15, 0.2) is 18.2 Å². The van der Waals surface area contributed by atoms with E-state index in [0.717, 1.165) is 41.7 Å². The highest BCUT2D eigenvalue weighted by molar-refractivity contribution is 5.97. The molecule has 0 fully saturated rings. The number of carbonyl (C=O) groups is 1. The molecular formula is C17H25N3O. The largest absolute Gasteiger partial charge is 0.343 e. The van der Waals surface area contributed by atoms with Gasteiger partial charge in [-0.05, 0) is 37.5 Å². The minimum absolute atomic E-state index is 0.0398. The maximum absolute atomic E-state index is 12.5. The van der Waals surface area contributed by atoms with Crippen molar-refractivity contribution in [3.05, 3.63) is 29.6 Å². The summed E-state index contributed by atoms with van der Waals surface area (Å²) in [6.45, 7) is 6.42. The lowest BCUT2D eigenvalue weighted by atomic mass is 10.1. The summed E-state index contributed by atoms with van der Waals surface area (Å²) in [5.41, 5.74) is 2.74. The Morgan fingerprint density at radius 3 is 2.43 bits per heavy atom. The number of hydrogen-bond acceptors (Lipinski definition) is 2. The van der Waals surface area contributed by atoms with Crippen molar-refractivity contribution in [2.75, 3.05) is 14.1 Å². The van der Waals surface area contributed by atoms with E-state index in [2.05, 4.69) is 31.4 Å². The zero-order valence-corrected chi connectivity index (χ0v) is 13.7. The third-order valence-corrected chi connectivity index (χ3v) is 4.04. The third kappa shape index (κ3) is 2.80. The Labute approximate surface area is 126 Å². The number of pyridine rings is 1. The van der Waals surface area contributed by atoms with Gasteiger partial charge in [0.05, 0.1) is 0 Å². The summed E-state index contributed by atoms with van der Waals surface area (Å²) in [5, 5.41) is 1.05. The summed E-state index contributed by atoms with van der Waals surface area (Å²) in [5.74, 6) is 0.0398. The third-order valence-electron chi connectivity index (χ3n) is 4.04. The van der Waals surface area contributed by atoms with Gasteiger partial charge < -0.3 is 9.47 Å². The number of carbonyl (C=O) groups excluding carboxylic acids is 1. The molecule has 0 unspecified atom stereocenters. The quantitative estimate of drug-likeness (QED) is 0.841. The molecule has 0 bridgehead atoms. The molecule has 0 saturated heterocycles. The van der Waals surface area contributed by atoms with Crippen LogP contribution in [0, 0.1) is 0 Å². The Morgan fingerprint density at radius 1 is 1.24 bits per heavy atom. The fraction of sp³-hybridized carbons (Fsp3) is 0.529. The van der Waals surface area contributed by atoms with Crippen LogP contribution >= 0.6 is 0 Å². The zero-order valence-electron chi connectivity index (χ0n) is 13.7. The number of fused-ring (bicyclic) bond motifs is 1. The molecule has 21 heavy (non-hydrogen) atoms. The maximum atomic E-state index is 12.5. The first-order chi connectivity index (χ1) is 10.0. The molecule has 2 aromatic rings. The van der Waals surface area contributed by atoms with Gasteiger partial charge in [-0.3, -0.25) is 4.79 Å². The first kappa shape index (κ1) is 15.5. The molecule has 4 heteroatoms. The Kier molecular flexibility index (Phi) is 4.66. The predicted octanol–water partition coefficient (Wildman–Crippen LogP) is 3.66. The van der Waals surface area contributed by atoms with E-state index in [9.17, 15) is 4.79 Å². The molecule has 0 aliphatic carbocycles. The van der Waals surface area contributed by atoms with Crippen LogP contribution < -0.4 is 0 Å². The van der Waals surface area contributed by atoms with Gasteiger partial charge in [0.25, 0.3) is 5.91 Å². The predicted molar refractivity (Wildman–Crippen MR) is 86.7 cm³/mol. The number of nitrogens with zero attached hydrogens (tertiary/aromatic N) is 3. The minimum atomic E-state index is 0.0398. The monoisotopic (exact) mass is 287 g/mol. The van der Waals surface area contributed by atoms with Crippen molar-refractivity contribution in [2.24, 2.45) is 0 Å². The van der Waals surface area contributed by atoms with Crippen molar-refractivity contribution in [1.82, 2.24) is 14.5 Å². The summed E-state index contributed by atoms with van der Waals surface area (Å²) in [7, 11) is 3.59. The van der Waals surface area contributed by atoms with Crippen molar-refractivity contribution >= 4 is 16.9 Å². The van der Waals surface area contributed by atoms with Gasteiger partial charge in [-0.1, -0.05) is 20.8 Å². The molecule has 2 aromatic heterocycles. The van der Waals surface area contributed by atoms with Gasteiger partial charge in [-0.25, -0.2) is 4.98 Å². The first-order valence-corrected chi connectivity index (χ1v) is 7.75. The lowest BCUT2D eigenvalue weighted by molar-refractivity contribution is 0.0815. The molecule has 0 saturated carbocycles. The average molecular weight is 287 g/mol. The van der Waals surface area contributed by atoms with Crippen LogP contribution in [0.25, 0.3) is 11.0 Å². The standard InChI is InChI=1S/C17H25N3O/c1-6-13-10-9-12-11-15(17(21)19(4)5)20(16(12)18-13)14(7-2)8-3/h9-11,14H,6-8H2,1-5H3. The van der Waals surface area contributed by atoms with Crippen molar-refractivity contribution in [1.29, 1.82) is 0 Å². The molecule has 1 amide bonds. The number of aromatic nitrogens is 2. The fourth-order valence-corrected chi connectivity index (χ4v) is 2.75. The molecule has 2 rings (SSSR count). The highest BCUT2D eigenvalue weighted by Crippen LogP contribution is 2.27. The summed E-state index contributed by atoms with van der Waals surface area (Å²) in [4.78, 5) is 18.9. The van der Waals surface area contributed by atoms with E-state index < -0.39 is 0 Å². The van der Waals surface area contributed by atoms with Crippen LogP contribution in [-0.4, -0.2) is 34.5 Å². The number of hydrogen-bond donors (Lipinski definition) is 0. The van der Waals surface area contributed by atoms with E-state index in [-0.39, 0.29) is 5.91 Å². The van der Waals surface area contributed by atoms with Crippen molar-refractivity contribution < 1.29 is 4.79 Å². The molecule has 0 spiro atoms. The average Bonchev–Trinajstić information content (AvgIpc) is 2.86. The van der Waals surface area contributed by atoms with Crippen molar-refractivity contribution in [3.8, 4) is 0 Å². The SMILES string of the molecule is CCc1ccc2cc(C(=O)N(C)C)n(C(CC)CC)c2n1. The topological polar surface area (TPSA) is 38.1 Å². The number of amides is 1. The first-order valence-electron chi connectivity index (χ1n) is 7.75. The molecule has 0 radical (unpaired) electrons. The Balaban J connectivity index is 2.72. The van der Waals surface area contributed by atoms with Gasteiger partial charge in [0.15, 0.2) is 0 Å². The summed E-state index contributed by atoms with van der Waals surface area (Å²) in [6.07, 6.45) is 2.89. The van der Waals surface area contributed by atoms with Gasteiger partial charge in [0.2, 0.25) is 0 Å². The normalized spacial score (nSPS) is 11.3. The second-order valence-corrected chi connectivity index (χ2v) is 5.64. The van der Waals surface area contributed by atoms with Crippen LogP contribution in [0.2, 0.25) is 0 Å². The molecule has 0 atom stereocenters. The van der Waals surface area contributed by atoms with Gasteiger partial charge in [-0.15, -0.1) is 0 Å². The summed E-state index contributed by atoms with van der Waals surface area (Å²) in [6, 6.07) is 6.40. The molecule has 0 aliphatic heterocycles.